The predicted octanol–water partition coefficient (Wildman–Crippen LogP) is 1.97. The molecule has 21 heteroatoms. The Morgan fingerprint density at radius 1 is 0.730 bits per heavy atom. The molecule has 1 heterocycles. The van der Waals surface area contributed by atoms with Crippen LogP contribution < -0.4 is 23.5 Å². The quantitative estimate of drug-likeness (QED) is 0.117. The second-order valence-electron chi connectivity index (χ2n) is 17.9. The number of carboxylic acid groups (broad SMARTS) is 1. The number of quaternary nitrogens is 1. The number of ether oxygens (including phenoxy) is 4. The number of aliphatic hydroxyl groups is 1. The van der Waals surface area contributed by atoms with Crippen molar-refractivity contribution >= 4 is 17.8 Å². The zero-order valence-corrected chi connectivity index (χ0v) is 38.3. The van der Waals surface area contributed by atoms with Gasteiger partial charge in [0.25, 0.3) is 0 Å². The Balaban J connectivity index is 0.000000398. The molecule has 1 aliphatic heterocycles. The molecule has 366 valence electrons. The molecular weight excluding hydrogens is 850 g/mol. The van der Waals surface area contributed by atoms with Crippen LogP contribution in [0.3, 0.4) is 0 Å². The molecule has 0 bridgehead atoms. The number of halogens is 1. The van der Waals surface area contributed by atoms with Crippen molar-refractivity contribution in [3.8, 4) is 0 Å². The summed E-state index contributed by atoms with van der Waals surface area (Å²) in [4.78, 5) is 63.4. The van der Waals surface area contributed by atoms with Crippen LogP contribution in [0, 0.1) is 30.3 Å². The van der Waals surface area contributed by atoms with Gasteiger partial charge in [-0.1, -0.05) is 44.9 Å². The van der Waals surface area contributed by atoms with E-state index in [4.69, 9.17) is 29.2 Å². The van der Waals surface area contributed by atoms with Crippen LogP contribution in [0.25, 0.3) is 0 Å². The number of morpholine rings is 1. The zero-order valence-electron chi connectivity index (χ0n) is 37.5. The molecule has 63 heavy (non-hydrogen) atoms. The summed E-state index contributed by atoms with van der Waals surface area (Å²) in [6.07, 6.45) is 24.3. The van der Waals surface area contributed by atoms with Crippen molar-refractivity contribution in [1.82, 2.24) is 5.32 Å². The van der Waals surface area contributed by atoms with E-state index in [9.17, 15) is 44.7 Å². The maximum absolute atomic E-state index is 11.1. The van der Waals surface area contributed by atoms with Gasteiger partial charge in [-0.3, -0.25) is 35.1 Å². The number of esters is 1. The van der Waals surface area contributed by atoms with Gasteiger partial charge in [-0.2, -0.15) is 0 Å². The summed E-state index contributed by atoms with van der Waals surface area (Å²) >= 11 is 0. The van der Waals surface area contributed by atoms with E-state index in [1.165, 1.54) is 44.9 Å². The lowest BCUT2D eigenvalue weighted by atomic mass is 9.82. The molecule has 0 aromatic rings. The number of rotatable bonds is 13. The minimum atomic E-state index is -1.00. The molecule has 6 fully saturated rings. The summed E-state index contributed by atoms with van der Waals surface area (Å²) < 4.78 is 20.2. The molecule has 0 atom stereocenters. The van der Waals surface area contributed by atoms with Crippen LogP contribution in [0.2, 0.25) is 0 Å². The summed E-state index contributed by atoms with van der Waals surface area (Å²) in [5.74, 6) is -1.32. The number of carboxylic acids is 1. The van der Waals surface area contributed by atoms with E-state index in [0.717, 1.165) is 96.5 Å². The Hall–Kier alpha value is -3.30. The van der Waals surface area contributed by atoms with Crippen LogP contribution >= 0.6 is 0 Å². The van der Waals surface area contributed by atoms with Crippen molar-refractivity contribution in [2.24, 2.45) is 0 Å². The SMILES string of the molecule is CCOC(=O)COCC1([N+](=O)[O-])CCCCC1.O=C1COCC2(CCCCC2)N1.O=[N+]([O-])C1(CO)CCCCC1.O=[N+]([O-])C1CCCCC1.[Cl-].[NH3+]C1(COCC(=O)O)CCCCC1. The van der Waals surface area contributed by atoms with E-state index in [1.807, 2.05) is 0 Å². The molecule has 0 radical (unpaired) electrons. The largest absolute Gasteiger partial charge is 1.00 e. The number of carbonyl (C=O) groups excluding carboxylic acids is 2. The van der Waals surface area contributed by atoms with Crippen molar-refractivity contribution in [3.05, 3.63) is 30.3 Å². The van der Waals surface area contributed by atoms with Gasteiger partial charge in [-0.15, -0.1) is 0 Å². The van der Waals surface area contributed by atoms with Crippen LogP contribution in [0.4, 0.5) is 0 Å². The lowest BCUT2D eigenvalue weighted by Crippen LogP contribution is -3.00. The summed E-state index contributed by atoms with van der Waals surface area (Å²) in [7, 11) is 0. The Labute approximate surface area is 377 Å². The maximum atomic E-state index is 11.1. The molecule has 5 aliphatic carbocycles. The number of hydrogen-bond acceptors (Lipinski definition) is 14. The van der Waals surface area contributed by atoms with E-state index in [2.05, 4.69) is 11.1 Å². The summed E-state index contributed by atoms with van der Waals surface area (Å²) in [5, 5.41) is 52.1. The van der Waals surface area contributed by atoms with E-state index >= 15 is 0 Å². The highest BCUT2D eigenvalue weighted by Crippen LogP contribution is 2.32. The molecule has 0 aromatic carbocycles. The minimum Gasteiger partial charge on any atom is -1.00 e. The summed E-state index contributed by atoms with van der Waals surface area (Å²) in [6, 6.07) is -0.223. The lowest BCUT2D eigenvalue weighted by molar-refractivity contribution is -0.579. The van der Waals surface area contributed by atoms with Gasteiger partial charge >= 0.3 is 11.9 Å². The van der Waals surface area contributed by atoms with Gasteiger partial charge < -0.3 is 52.6 Å². The molecule has 6 rings (SSSR count). The van der Waals surface area contributed by atoms with Crippen LogP contribution in [-0.2, 0) is 33.3 Å². The first-order valence-electron chi connectivity index (χ1n) is 22.9. The van der Waals surface area contributed by atoms with Gasteiger partial charge in [0.1, 0.15) is 45.2 Å². The number of carbonyl (C=O) groups is 3. The first-order chi connectivity index (χ1) is 29.6. The normalized spacial score (nSPS) is 22.0. The third-order valence-corrected chi connectivity index (χ3v) is 12.8. The van der Waals surface area contributed by atoms with Gasteiger partial charge in [-0.05, 0) is 71.1 Å². The first-order valence-corrected chi connectivity index (χ1v) is 22.9. The van der Waals surface area contributed by atoms with Crippen molar-refractivity contribution in [3.63, 3.8) is 0 Å². The third kappa shape index (κ3) is 22.0. The Morgan fingerprint density at radius 2 is 1.19 bits per heavy atom. The summed E-state index contributed by atoms with van der Waals surface area (Å²) in [5.41, 5.74) is 2.10. The topological polar surface area (TPSA) is 298 Å². The number of aliphatic hydroxyl groups excluding tert-OH is 1. The van der Waals surface area contributed by atoms with Crippen molar-refractivity contribution in [2.75, 3.05) is 52.9 Å². The monoisotopic (exact) mass is 926 g/mol. The van der Waals surface area contributed by atoms with Gasteiger partial charge in [0, 0.05) is 66.1 Å². The molecule has 0 aromatic heterocycles. The molecule has 6 N–H and O–H groups in total. The number of hydrogen-bond donors (Lipinski definition) is 4. The van der Waals surface area contributed by atoms with Gasteiger partial charge in [0.2, 0.25) is 23.0 Å². The highest BCUT2D eigenvalue weighted by atomic mass is 35.5. The molecule has 0 unspecified atom stereocenters. The number of aliphatic carboxylic acids is 1. The fourth-order valence-corrected chi connectivity index (χ4v) is 9.02. The van der Waals surface area contributed by atoms with Crippen LogP contribution in [0.1, 0.15) is 167 Å². The second kappa shape index (κ2) is 30.8. The van der Waals surface area contributed by atoms with Crippen LogP contribution in [-0.4, -0.2) is 124 Å². The van der Waals surface area contributed by atoms with Crippen LogP contribution in [0.5, 0.6) is 0 Å². The molecule has 5 saturated carbocycles. The van der Waals surface area contributed by atoms with Crippen molar-refractivity contribution < 1.29 is 76.5 Å². The molecule has 1 amide bonds. The van der Waals surface area contributed by atoms with Gasteiger partial charge in [-0.25, -0.2) is 9.59 Å². The smallest absolute Gasteiger partial charge is 0.332 e. The maximum Gasteiger partial charge on any atom is 0.332 e. The Morgan fingerprint density at radius 3 is 1.60 bits per heavy atom. The number of nitro groups is 3. The zero-order chi connectivity index (χ0) is 45.9. The molecule has 1 saturated heterocycles. The van der Waals surface area contributed by atoms with Crippen molar-refractivity contribution in [1.29, 1.82) is 0 Å². The number of nitrogens with one attached hydrogen (secondary N) is 1. The van der Waals surface area contributed by atoms with Gasteiger partial charge in [0.15, 0.2) is 0 Å². The molecule has 20 nitrogen and oxygen atoms in total. The average Bonchev–Trinajstić information content (AvgIpc) is 3.26. The van der Waals surface area contributed by atoms with E-state index < -0.39 is 23.0 Å². The Kier molecular flexibility index (Phi) is 28.2. The minimum absolute atomic E-state index is 0. The fraction of sp³-hybridized carbons (Fsp3) is 0.929. The first kappa shape index (κ1) is 57.7. The Bertz CT molecular complexity index is 1360. The van der Waals surface area contributed by atoms with E-state index in [1.54, 1.807) is 6.92 Å². The fourth-order valence-electron chi connectivity index (χ4n) is 9.02. The van der Waals surface area contributed by atoms with E-state index in [-0.39, 0.29) is 83.2 Å². The van der Waals surface area contributed by atoms with Gasteiger partial charge in [0.05, 0.1) is 18.8 Å². The average molecular weight is 927 g/mol. The predicted molar refractivity (Wildman–Crippen MR) is 226 cm³/mol. The number of nitrogens with zero attached hydrogens (tertiary/aromatic N) is 3. The second-order valence-corrected chi connectivity index (χ2v) is 17.9. The van der Waals surface area contributed by atoms with Crippen molar-refractivity contribution in [2.45, 2.75) is 196 Å². The molecule has 1 spiro atoms. The standard InChI is InChI=1S/C11H19NO5.C9H17NO3.C9H15NO2.C7H13NO3.C6H11NO2.ClH/c1-2-17-10(13)8-16-9-11(12(14)15)6-4-3-5-7-11;10-9(4-2-1-3-5-9)7-13-6-8(11)12;11-8-6-12-7-9(10-8)4-2-1-3-5-9;9-6-7(8(10)11)4-2-1-3-5-7;8-7(9)6-4-2-1-3-5-6;/h2-9H2,1H3;1-7,10H2,(H,11,12);1-7H2,(H,10,11);9H,1-6H2;6H,1-5H2;1H. The lowest BCUT2D eigenvalue weighted by Gasteiger charge is -2.40. The van der Waals surface area contributed by atoms with E-state index in [0.29, 0.717) is 38.9 Å². The highest BCUT2D eigenvalue weighted by molar-refractivity contribution is 5.78. The highest BCUT2D eigenvalue weighted by Gasteiger charge is 2.45. The summed E-state index contributed by atoms with van der Waals surface area (Å²) in [6.45, 7) is 2.75. The number of amides is 1. The molecular formula is C42H76ClN5O15. The van der Waals surface area contributed by atoms with Crippen LogP contribution in [0.15, 0.2) is 0 Å². The third-order valence-electron chi connectivity index (χ3n) is 12.8. The molecule has 6 aliphatic rings.